The molecule has 7 nitrogen and oxygen atoms in total. The van der Waals surface area contributed by atoms with E-state index in [-0.39, 0.29) is 0 Å². The number of aromatic amines is 1. The van der Waals surface area contributed by atoms with Gasteiger partial charge in [0.05, 0.1) is 17.3 Å². The molecule has 1 aliphatic rings. The zero-order chi connectivity index (χ0) is 23.3. The van der Waals surface area contributed by atoms with Crippen LogP contribution in [-0.2, 0) is 16.1 Å². The maximum Gasteiger partial charge on any atom is 0.259 e. The highest BCUT2D eigenvalue weighted by molar-refractivity contribution is 9.10. The number of aliphatic hydroxyl groups is 1. The number of para-hydroxylation sites is 1. The number of fused-ring (bicyclic) bond motifs is 2. The summed E-state index contributed by atoms with van der Waals surface area (Å²) < 4.78 is 2.81. The van der Waals surface area contributed by atoms with Gasteiger partial charge in [-0.3, -0.25) is 14.9 Å². The Labute approximate surface area is 198 Å². The number of H-pyrrole nitrogens is 1. The van der Waals surface area contributed by atoms with Gasteiger partial charge in [-0.15, -0.1) is 0 Å². The number of halogens is 1. The third-order valence-electron chi connectivity index (χ3n) is 5.89. The quantitative estimate of drug-likeness (QED) is 0.349. The monoisotopic (exact) mass is 506 g/mol. The molecule has 1 unspecified atom stereocenters. The minimum Gasteiger partial charge on any atom is -0.390 e. The molecular weight excluding hydrogens is 484 g/mol. The summed E-state index contributed by atoms with van der Waals surface area (Å²) >= 11 is 3.53. The van der Waals surface area contributed by atoms with Crippen molar-refractivity contribution in [3.8, 4) is 0 Å². The first-order chi connectivity index (χ1) is 15.8. The highest BCUT2D eigenvalue weighted by Crippen LogP contribution is 2.39. The lowest BCUT2D eigenvalue weighted by Crippen LogP contribution is -2.29. The molecule has 2 aromatic heterocycles. The van der Waals surface area contributed by atoms with E-state index in [4.69, 9.17) is 0 Å². The molecule has 3 heterocycles. The molecule has 2 amide bonds. The minimum atomic E-state index is -0.590. The van der Waals surface area contributed by atoms with Gasteiger partial charge in [0.15, 0.2) is 0 Å². The van der Waals surface area contributed by atoms with Gasteiger partial charge >= 0.3 is 0 Å². The number of aromatic nitrogens is 2. The number of imide groups is 1. The third-order valence-corrected chi connectivity index (χ3v) is 6.38. The Morgan fingerprint density at radius 3 is 2.52 bits per heavy atom. The standard InChI is InChI=1S/C25H23BrN4O3/c1-29(2)11-15(31)12-30-13-19(17-9-14(26)7-8-21(17)30)23-22(24(32)28-25(23)33)18-10-27-20-6-4-3-5-16(18)20/h3-10,13,15,27,31H,11-12H2,1-2H3,(H,28,32,33). The summed E-state index contributed by atoms with van der Waals surface area (Å²) in [6, 6.07) is 13.5. The number of aliphatic hydroxyl groups excluding tert-OH is 1. The van der Waals surface area contributed by atoms with Crippen LogP contribution in [0.4, 0.5) is 0 Å². The molecule has 3 N–H and O–H groups in total. The van der Waals surface area contributed by atoms with Crippen LogP contribution in [0.2, 0.25) is 0 Å². The van der Waals surface area contributed by atoms with Crippen LogP contribution in [-0.4, -0.2) is 58.1 Å². The Balaban J connectivity index is 1.73. The topological polar surface area (TPSA) is 90.4 Å². The van der Waals surface area contributed by atoms with Crippen LogP contribution in [0.5, 0.6) is 0 Å². The molecular formula is C25H23BrN4O3. The van der Waals surface area contributed by atoms with E-state index in [1.165, 1.54) is 0 Å². The van der Waals surface area contributed by atoms with E-state index in [1.54, 1.807) is 6.20 Å². The normalized spacial score (nSPS) is 15.3. The summed E-state index contributed by atoms with van der Waals surface area (Å²) in [7, 11) is 3.82. The van der Waals surface area contributed by atoms with Crippen molar-refractivity contribution < 1.29 is 14.7 Å². The fraction of sp³-hybridized carbons (Fsp3) is 0.200. The van der Waals surface area contributed by atoms with Crippen molar-refractivity contribution in [3.05, 3.63) is 70.5 Å². The predicted molar refractivity (Wildman–Crippen MR) is 132 cm³/mol. The second-order valence-corrected chi connectivity index (χ2v) is 9.47. The summed E-state index contributed by atoms with van der Waals surface area (Å²) in [5.74, 6) is -0.837. The van der Waals surface area contributed by atoms with Crippen molar-refractivity contribution in [1.29, 1.82) is 0 Å². The lowest BCUT2D eigenvalue weighted by Gasteiger charge is -2.17. The second kappa shape index (κ2) is 8.30. The Morgan fingerprint density at radius 2 is 1.76 bits per heavy atom. The molecule has 168 valence electrons. The number of nitrogens with one attached hydrogen (secondary N) is 2. The van der Waals surface area contributed by atoms with Gasteiger partial charge < -0.3 is 19.6 Å². The summed E-state index contributed by atoms with van der Waals surface area (Å²) in [6.07, 6.45) is 3.04. The zero-order valence-corrected chi connectivity index (χ0v) is 19.8. The number of amides is 2. The Morgan fingerprint density at radius 1 is 1.03 bits per heavy atom. The van der Waals surface area contributed by atoms with Crippen molar-refractivity contribution in [2.75, 3.05) is 20.6 Å². The van der Waals surface area contributed by atoms with Crippen LogP contribution in [0.3, 0.4) is 0 Å². The van der Waals surface area contributed by atoms with E-state index in [9.17, 15) is 14.7 Å². The molecule has 33 heavy (non-hydrogen) atoms. The van der Waals surface area contributed by atoms with Crippen LogP contribution >= 0.6 is 15.9 Å². The maximum absolute atomic E-state index is 13.1. The largest absolute Gasteiger partial charge is 0.390 e. The molecule has 0 spiro atoms. The smallest absolute Gasteiger partial charge is 0.259 e. The number of carbonyl (C=O) groups is 2. The van der Waals surface area contributed by atoms with Crippen LogP contribution in [0, 0.1) is 0 Å². The summed E-state index contributed by atoms with van der Waals surface area (Å²) in [4.78, 5) is 31.1. The Hall–Kier alpha value is -3.20. The van der Waals surface area contributed by atoms with E-state index < -0.39 is 17.9 Å². The number of hydrogen-bond donors (Lipinski definition) is 3. The molecule has 0 bridgehead atoms. The van der Waals surface area contributed by atoms with Crippen molar-refractivity contribution >= 4 is 60.7 Å². The molecule has 1 aliphatic heterocycles. The van der Waals surface area contributed by atoms with Gasteiger partial charge in [-0.25, -0.2) is 0 Å². The van der Waals surface area contributed by atoms with Crippen LogP contribution < -0.4 is 5.32 Å². The average Bonchev–Trinajstić information content (AvgIpc) is 3.40. The number of rotatable bonds is 6. The highest BCUT2D eigenvalue weighted by atomic mass is 79.9. The van der Waals surface area contributed by atoms with Crippen LogP contribution in [0.1, 0.15) is 11.1 Å². The van der Waals surface area contributed by atoms with Gasteiger partial charge in [-0.1, -0.05) is 34.1 Å². The summed E-state index contributed by atoms with van der Waals surface area (Å²) in [5, 5.41) is 14.7. The van der Waals surface area contributed by atoms with Crippen molar-refractivity contribution in [2.24, 2.45) is 0 Å². The first-order valence-electron chi connectivity index (χ1n) is 10.6. The molecule has 0 saturated carbocycles. The Kier molecular flexibility index (Phi) is 5.44. The lowest BCUT2D eigenvalue weighted by atomic mass is 9.95. The first kappa shape index (κ1) is 21.6. The van der Waals surface area contributed by atoms with Gasteiger partial charge in [0.25, 0.3) is 11.8 Å². The van der Waals surface area contributed by atoms with Crippen molar-refractivity contribution in [3.63, 3.8) is 0 Å². The SMILES string of the molecule is CN(C)CC(O)Cn1cc(C2=C(c3c[nH]c4ccccc34)C(=O)NC2=O)c2cc(Br)ccc21. The molecule has 4 aromatic rings. The van der Waals surface area contributed by atoms with Gasteiger partial charge in [-0.05, 0) is 38.4 Å². The second-order valence-electron chi connectivity index (χ2n) is 8.55. The molecule has 2 aromatic carbocycles. The van der Waals surface area contributed by atoms with Gasteiger partial charge in [-0.2, -0.15) is 0 Å². The van der Waals surface area contributed by atoms with Gasteiger partial charge in [0, 0.05) is 62.9 Å². The van der Waals surface area contributed by atoms with E-state index in [2.05, 4.69) is 26.2 Å². The number of carbonyl (C=O) groups excluding carboxylic acids is 2. The molecule has 0 aliphatic carbocycles. The summed E-state index contributed by atoms with van der Waals surface area (Å²) in [5.41, 5.74) is 3.81. The zero-order valence-electron chi connectivity index (χ0n) is 18.2. The van der Waals surface area contributed by atoms with Crippen LogP contribution in [0.25, 0.3) is 33.0 Å². The summed E-state index contributed by atoms with van der Waals surface area (Å²) in [6.45, 7) is 0.870. The van der Waals surface area contributed by atoms with Gasteiger partial charge in [0.2, 0.25) is 0 Å². The molecule has 0 saturated heterocycles. The molecule has 0 fully saturated rings. The predicted octanol–water partition coefficient (Wildman–Crippen LogP) is 3.37. The lowest BCUT2D eigenvalue weighted by molar-refractivity contribution is -0.122. The first-order valence-corrected chi connectivity index (χ1v) is 11.4. The van der Waals surface area contributed by atoms with E-state index in [0.29, 0.717) is 35.4 Å². The van der Waals surface area contributed by atoms with E-state index in [0.717, 1.165) is 26.3 Å². The highest BCUT2D eigenvalue weighted by Gasteiger charge is 2.35. The molecule has 5 rings (SSSR count). The minimum absolute atomic E-state index is 0.341. The van der Waals surface area contributed by atoms with Gasteiger partial charge in [0.1, 0.15) is 0 Å². The third kappa shape index (κ3) is 3.80. The fourth-order valence-corrected chi connectivity index (χ4v) is 4.93. The molecule has 8 heteroatoms. The average molecular weight is 507 g/mol. The fourth-order valence-electron chi connectivity index (χ4n) is 4.57. The molecule has 1 atom stereocenters. The number of nitrogens with zero attached hydrogens (tertiary/aromatic N) is 2. The van der Waals surface area contributed by atoms with Crippen LogP contribution in [0.15, 0.2) is 59.3 Å². The number of likely N-dealkylation sites (N-methyl/N-ethyl adjacent to an activating group) is 1. The maximum atomic E-state index is 13.1. The molecule has 0 radical (unpaired) electrons. The Bertz CT molecular complexity index is 1450. The van der Waals surface area contributed by atoms with Crippen molar-refractivity contribution in [1.82, 2.24) is 19.8 Å². The van der Waals surface area contributed by atoms with Crippen molar-refractivity contribution in [2.45, 2.75) is 12.6 Å². The van der Waals surface area contributed by atoms with E-state index >= 15 is 0 Å². The number of hydrogen-bond acceptors (Lipinski definition) is 4. The number of benzene rings is 2. The van der Waals surface area contributed by atoms with E-state index in [1.807, 2.05) is 72.2 Å².